The zero-order valence-corrected chi connectivity index (χ0v) is 12.3. The SMILES string of the molecule is Cc1ccc(F)cc1CS(=O)c1ccc(CC(=O)O)cc1. The molecule has 0 heterocycles. The number of carboxylic acids is 1. The molecule has 1 atom stereocenters. The molecule has 3 nitrogen and oxygen atoms in total. The van der Waals surface area contributed by atoms with Gasteiger partial charge in [0.2, 0.25) is 0 Å². The fourth-order valence-corrected chi connectivity index (χ4v) is 3.15. The Hall–Kier alpha value is -2.01. The third-order valence-electron chi connectivity index (χ3n) is 3.14. The van der Waals surface area contributed by atoms with Crippen LogP contribution in [0.1, 0.15) is 16.7 Å². The molecule has 0 fully saturated rings. The molecule has 21 heavy (non-hydrogen) atoms. The molecule has 0 aliphatic rings. The maximum atomic E-state index is 13.2. The van der Waals surface area contributed by atoms with Crippen LogP contribution < -0.4 is 0 Å². The van der Waals surface area contributed by atoms with Crippen molar-refractivity contribution >= 4 is 16.8 Å². The molecule has 2 aromatic carbocycles. The Balaban J connectivity index is 2.13. The fraction of sp³-hybridized carbons (Fsp3) is 0.188. The largest absolute Gasteiger partial charge is 0.481 e. The molecule has 110 valence electrons. The summed E-state index contributed by atoms with van der Waals surface area (Å²) >= 11 is 0. The van der Waals surface area contributed by atoms with E-state index in [9.17, 15) is 13.4 Å². The number of aliphatic carboxylic acids is 1. The second-order valence-electron chi connectivity index (χ2n) is 4.78. The average Bonchev–Trinajstić information content (AvgIpc) is 2.43. The van der Waals surface area contributed by atoms with E-state index in [1.165, 1.54) is 12.1 Å². The second-order valence-corrected chi connectivity index (χ2v) is 6.23. The predicted octanol–water partition coefficient (Wildman–Crippen LogP) is 3.07. The molecule has 5 heteroatoms. The van der Waals surface area contributed by atoms with Crippen LogP contribution in [0, 0.1) is 12.7 Å². The Morgan fingerprint density at radius 3 is 2.48 bits per heavy atom. The minimum absolute atomic E-state index is 0.0596. The molecule has 0 saturated carbocycles. The van der Waals surface area contributed by atoms with Gasteiger partial charge in [-0.1, -0.05) is 18.2 Å². The molecule has 0 amide bonds. The van der Waals surface area contributed by atoms with Gasteiger partial charge in [0.1, 0.15) is 5.82 Å². The van der Waals surface area contributed by atoms with Crippen LogP contribution in [0.3, 0.4) is 0 Å². The molecule has 0 aromatic heterocycles. The molecule has 0 aliphatic heterocycles. The molecule has 2 rings (SSSR count). The highest BCUT2D eigenvalue weighted by atomic mass is 32.2. The predicted molar refractivity (Wildman–Crippen MR) is 79.0 cm³/mol. The van der Waals surface area contributed by atoms with Crippen molar-refractivity contribution < 1.29 is 18.5 Å². The lowest BCUT2D eigenvalue weighted by molar-refractivity contribution is -0.136. The lowest BCUT2D eigenvalue weighted by atomic mass is 10.1. The summed E-state index contributed by atoms with van der Waals surface area (Å²) in [6, 6.07) is 11.1. The van der Waals surface area contributed by atoms with E-state index in [1.54, 1.807) is 30.3 Å². The summed E-state index contributed by atoms with van der Waals surface area (Å²) in [5.74, 6) is -1.01. The van der Waals surface area contributed by atoms with Crippen molar-refractivity contribution in [2.24, 2.45) is 0 Å². The van der Waals surface area contributed by atoms with Gasteiger partial charge in [0.25, 0.3) is 0 Å². The van der Waals surface area contributed by atoms with Gasteiger partial charge in [0.05, 0.1) is 23.0 Å². The summed E-state index contributed by atoms with van der Waals surface area (Å²) in [5, 5.41) is 8.70. The average molecular weight is 306 g/mol. The minimum atomic E-state index is -1.29. The van der Waals surface area contributed by atoms with E-state index in [0.717, 1.165) is 5.56 Å². The molecule has 2 aromatic rings. The Bertz CT molecular complexity index is 680. The lowest BCUT2D eigenvalue weighted by Gasteiger charge is -2.07. The maximum Gasteiger partial charge on any atom is 0.307 e. The number of rotatable bonds is 5. The number of benzene rings is 2. The van der Waals surface area contributed by atoms with Gasteiger partial charge in [0, 0.05) is 4.90 Å². The summed E-state index contributed by atoms with van der Waals surface area (Å²) in [6.07, 6.45) is -0.0596. The molecular formula is C16H15FO3S. The van der Waals surface area contributed by atoms with Crippen LogP contribution in [0.15, 0.2) is 47.4 Å². The number of hydrogen-bond acceptors (Lipinski definition) is 2. The Labute approximate surface area is 124 Å². The van der Waals surface area contributed by atoms with Crippen molar-refractivity contribution in [1.82, 2.24) is 0 Å². The first-order valence-electron chi connectivity index (χ1n) is 6.40. The van der Waals surface area contributed by atoms with E-state index in [1.807, 2.05) is 6.92 Å². The molecule has 1 unspecified atom stereocenters. The van der Waals surface area contributed by atoms with Gasteiger partial charge in [-0.05, 0) is 47.9 Å². The third kappa shape index (κ3) is 4.23. The summed E-state index contributed by atoms with van der Waals surface area (Å²) < 4.78 is 25.5. The number of carbonyl (C=O) groups is 1. The van der Waals surface area contributed by atoms with Crippen molar-refractivity contribution in [2.45, 2.75) is 24.0 Å². The van der Waals surface area contributed by atoms with Gasteiger partial charge in [-0.25, -0.2) is 4.39 Å². The first kappa shape index (κ1) is 15.4. The Morgan fingerprint density at radius 1 is 1.19 bits per heavy atom. The van der Waals surface area contributed by atoms with Gasteiger partial charge < -0.3 is 5.11 Å². The van der Waals surface area contributed by atoms with E-state index in [2.05, 4.69) is 0 Å². The van der Waals surface area contributed by atoms with Gasteiger partial charge in [-0.2, -0.15) is 0 Å². The fourth-order valence-electron chi connectivity index (χ4n) is 1.95. The standard InChI is InChI=1S/C16H15FO3S/c1-11-2-5-14(17)9-13(11)10-21(20)15-6-3-12(4-7-15)8-16(18)19/h2-7,9H,8,10H2,1H3,(H,18,19). The van der Waals surface area contributed by atoms with Gasteiger partial charge in [-0.15, -0.1) is 0 Å². The van der Waals surface area contributed by atoms with E-state index < -0.39 is 16.8 Å². The molecule has 0 aliphatic carbocycles. The molecule has 0 radical (unpaired) electrons. The van der Waals surface area contributed by atoms with Crippen LogP contribution in [-0.4, -0.2) is 15.3 Å². The molecule has 0 saturated heterocycles. The van der Waals surface area contributed by atoms with Crippen molar-refractivity contribution in [3.8, 4) is 0 Å². The first-order chi connectivity index (χ1) is 9.95. The highest BCUT2D eigenvalue weighted by Crippen LogP contribution is 2.17. The summed E-state index contributed by atoms with van der Waals surface area (Å²) in [4.78, 5) is 11.2. The number of halogens is 1. The van der Waals surface area contributed by atoms with Crippen molar-refractivity contribution in [2.75, 3.05) is 0 Å². The third-order valence-corrected chi connectivity index (χ3v) is 4.51. The number of carboxylic acid groups (broad SMARTS) is 1. The zero-order chi connectivity index (χ0) is 15.4. The van der Waals surface area contributed by atoms with Crippen LogP contribution in [-0.2, 0) is 27.8 Å². The Morgan fingerprint density at radius 2 is 1.86 bits per heavy atom. The van der Waals surface area contributed by atoms with E-state index >= 15 is 0 Å². The van der Waals surface area contributed by atoms with Crippen LogP contribution in [0.4, 0.5) is 4.39 Å². The highest BCUT2D eigenvalue weighted by molar-refractivity contribution is 7.84. The van der Waals surface area contributed by atoms with Crippen LogP contribution >= 0.6 is 0 Å². The summed E-state index contributed by atoms with van der Waals surface area (Å²) in [5.41, 5.74) is 2.26. The molecule has 0 spiro atoms. The van der Waals surface area contributed by atoms with Crippen LogP contribution in [0.2, 0.25) is 0 Å². The van der Waals surface area contributed by atoms with Crippen molar-refractivity contribution in [1.29, 1.82) is 0 Å². The highest BCUT2D eigenvalue weighted by Gasteiger charge is 2.09. The van der Waals surface area contributed by atoms with E-state index in [-0.39, 0.29) is 18.0 Å². The van der Waals surface area contributed by atoms with E-state index in [0.29, 0.717) is 16.0 Å². The second kappa shape index (κ2) is 6.63. The van der Waals surface area contributed by atoms with Gasteiger partial charge in [-0.3, -0.25) is 9.00 Å². The summed E-state index contributed by atoms with van der Waals surface area (Å²) in [6.45, 7) is 1.85. The maximum absolute atomic E-state index is 13.2. The summed E-state index contributed by atoms with van der Waals surface area (Å²) in [7, 11) is -1.29. The molecule has 1 N–H and O–H groups in total. The lowest BCUT2D eigenvalue weighted by Crippen LogP contribution is -2.02. The molecular weight excluding hydrogens is 291 g/mol. The minimum Gasteiger partial charge on any atom is -0.481 e. The smallest absolute Gasteiger partial charge is 0.307 e. The van der Waals surface area contributed by atoms with Gasteiger partial charge >= 0.3 is 5.97 Å². The normalized spacial score (nSPS) is 12.1. The molecule has 0 bridgehead atoms. The van der Waals surface area contributed by atoms with Crippen LogP contribution in [0.5, 0.6) is 0 Å². The zero-order valence-electron chi connectivity index (χ0n) is 11.5. The van der Waals surface area contributed by atoms with Gasteiger partial charge in [0.15, 0.2) is 0 Å². The number of hydrogen-bond donors (Lipinski definition) is 1. The number of aryl methyl sites for hydroxylation is 1. The van der Waals surface area contributed by atoms with Crippen molar-refractivity contribution in [3.63, 3.8) is 0 Å². The first-order valence-corrected chi connectivity index (χ1v) is 7.72. The quantitative estimate of drug-likeness (QED) is 0.923. The van der Waals surface area contributed by atoms with Crippen LogP contribution in [0.25, 0.3) is 0 Å². The monoisotopic (exact) mass is 306 g/mol. The van der Waals surface area contributed by atoms with E-state index in [4.69, 9.17) is 5.11 Å². The topological polar surface area (TPSA) is 54.4 Å². The van der Waals surface area contributed by atoms with Crippen molar-refractivity contribution in [3.05, 3.63) is 65.0 Å². The Kier molecular flexibility index (Phi) is 4.85.